The van der Waals surface area contributed by atoms with Gasteiger partial charge in [0, 0.05) is 20.1 Å². The molecular formula is C14H22N4O2S. The Labute approximate surface area is 128 Å². The van der Waals surface area contributed by atoms with Gasteiger partial charge in [-0.25, -0.2) is 0 Å². The molecule has 0 aromatic carbocycles. The molecule has 7 heteroatoms. The number of hydrogen-bond donors (Lipinski definition) is 2. The smallest absolute Gasteiger partial charge is 0.266 e. The number of anilines is 1. The van der Waals surface area contributed by atoms with Crippen molar-refractivity contribution in [1.29, 1.82) is 0 Å². The zero-order valence-electron chi connectivity index (χ0n) is 12.7. The van der Waals surface area contributed by atoms with Gasteiger partial charge in [-0.15, -0.1) is 11.3 Å². The fourth-order valence-corrected chi connectivity index (χ4v) is 3.57. The Bertz CT molecular complexity index is 647. The summed E-state index contributed by atoms with van der Waals surface area (Å²) in [6.07, 6.45) is 1.91. The lowest BCUT2D eigenvalue weighted by Gasteiger charge is -2.21. The van der Waals surface area contributed by atoms with E-state index in [-0.39, 0.29) is 12.5 Å². The number of rotatable bonds is 6. The molecule has 0 aliphatic rings. The fourth-order valence-electron chi connectivity index (χ4n) is 2.42. The number of aromatic nitrogens is 2. The minimum Gasteiger partial charge on any atom is -0.397 e. The number of nitrogens with two attached hydrogens (primary N) is 1. The zero-order chi connectivity index (χ0) is 15.6. The molecule has 2 aromatic rings. The molecule has 0 aliphatic heterocycles. The molecule has 6 nitrogen and oxygen atoms in total. The first kappa shape index (κ1) is 15.8. The van der Waals surface area contributed by atoms with Crippen LogP contribution in [0.5, 0.6) is 0 Å². The van der Waals surface area contributed by atoms with E-state index in [1.54, 1.807) is 9.58 Å². The van der Waals surface area contributed by atoms with Crippen molar-refractivity contribution < 1.29 is 9.90 Å². The molecule has 2 heterocycles. The van der Waals surface area contributed by atoms with Crippen LogP contribution in [0.3, 0.4) is 0 Å². The molecule has 0 saturated heterocycles. The average molecular weight is 310 g/mol. The number of aliphatic hydroxyl groups is 1. The van der Waals surface area contributed by atoms with Gasteiger partial charge >= 0.3 is 0 Å². The lowest BCUT2D eigenvalue weighted by molar-refractivity contribution is 0.0725. The van der Waals surface area contributed by atoms with Crippen molar-refractivity contribution in [2.45, 2.75) is 26.7 Å². The van der Waals surface area contributed by atoms with E-state index in [9.17, 15) is 4.79 Å². The quantitative estimate of drug-likeness (QED) is 0.851. The van der Waals surface area contributed by atoms with Crippen LogP contribution in [0.2, 0.25) is 0 Å². The van der Waals surface area contributed by atoms with Crippen LogP contribution in [0.25, 0.3) is 10.2 Å². The summed E-state index contributed by atoms with van der Waals surface area (Å²) in [5.41, 5.74) is 7.50. The predicted octanol–water partition coefficient (Wildman–Crippen LogP) is 1.76. The second-order valence-corrected chi connectivity index (χ2v) is 6.10. The molecule has 2 rings (SSSR count). The van der Waals surface area contributed by atoms with E-state index in [0.29, 0.717) is 23.7 Å². The maximum absolute atomic E-state index is 12.7. The predicted molar refractivity (Wildman–Crippen MR) is 85.6 cm³/mol. The van der Waals surface area contributed by atoms with Crippen molar-refractivity contribution >= 4 is 33.1 Å². The van der Waals surface area contributed by atoms with Gasteiger partial charge in [0.1, 0.15) is 9.71 Å². The average Bonchev–Trinajstić information content (AvgIpc) is 2.93. The first-order valence-corrected chi connectivity index (χ1v) is 7.94. The number of nitrogens with zero attached hydrogens (tertiary/aromatic N) is 3. The standard InChI is InChI=1S/C14H22N4O2S/c1-4-5-6-18(7-8-19)13(20)12-11(15)10-9(2)16-17(3)14(10)21-12/h19H,4-8,15H2,1-3H3. The van der Waals surface area contributed by atoms with Gasteiger partial charge in [0.25, 0.3) is 5.91 Å². The van der Waals surface area contributed by atoms with Crippen LogP contribution < -0.4 is 5.73 Å². The van der Waals surface area contributed by atoms with E-state index in [2.05, 4.69) is 12.0 Å². The Morgan fingerprint density at radius 2 is 2.19 bits per heavy atom. The maximum Gasteiger partial charge on any atom is 0.266 e. The minimum atomic E-state index is -0.101. The molecule has 116 valence electrons. The highest BCUT2D eigenvalue weighted by Crippen LogP contribution is 2.36. The van der Waals surface area contributed by atoms with E-state index >= 15 is 0 Å². The van der Waals surface area contributed by atoms with Crippen molar-refractivity contribution in [3.63, 3.8) is 0 Å². The number of thiophene rings is 1. The molecule has 3 N–H and O–H groups in total. The zero-order valence-corrected chi connectivity index (χ0v) is 13.5. The van der Waals surface area contributed by atoms with Gasteiger partial charge in [0.05, 0.1) is 23.4 Å². The number of hydrogen-bond acceptors (Lipinski definition) is 5. The Hall–Kier alpha value is -1.60. The van der Waals surface area contributed by atoms with E-state index in [0.717, 1.165) is 28.8 Å². The SMILES string of the molecule is CCCCN(CCO)C(=O)c1sc2c(c(C)nn2C)c1N. The summed E-state index contributed by atoms with van der Waals surface area (Å²) in [6.45, 7) is 4.90. The highest BCUT2D eigenvalue weighted by Gasteiger charge is 2.24. The summed E-state index contributed by atoms with van der Waals surface area (Å²) < 4.78 is 1.75. The summed E-state index contributed by atoms with van der Waals surface area (Å²) in [7, 11) is 1.85. The van der Waals surface area contributed by atoms with Gasteiger partial charge in [-0.05, 0) is 13.3 Å². The molecule has 2 aromatic heterocycles. The van der Waals surface area contributed by atoms with Crippen molar-refractivity contribution in [2.75, 3.05) is 25.4 Å². The summed E-state index contributed by atoms with van der Waals surface area (Å²) in [6, 6.07) is 0. The van der Waals surface area contributed by atoms with Crippen molar-refractivity contribution in [1.82, 2.24) is 14.7 Å². The number of aliphatic hydroxyl groups excluding tert-OH is 1. The monoisotopic (exact) mass is 310 g/mol. The first-order valence-electron chi connectivity index (χ1n) is 7.12. The summed E-state index contributed by atoms with van der Waals surface area (Å²) in [5, 5.41) is 14.3. The largest absolute Gasteiger partial charge is 0.397 e. The molecule has 0 saturated carbocycles. The van der Waals surface area contributed by atoms with E-state index in [1.165, 1.54) is 11.3 Å². The third-order valence-corrected chi connectivity index (χ3v) is 4.78. The van der Waals surface area contributed by atoms with Crippen LogP contribution in [-0.4, -0.2) is 45.4 Å². The Balaban J connectivity index is 2.37. The number of unbranched alkanes of at least 4 members (excludes halogenated alkanes) is 1. The molecule has 0 spiro atoms. The fraction of sp³-hybridized carbons (Fsp3) is 0.571. The maximum atomic E-state index is 12.7. The van der Waals surface area contributed by atoms with E-state index in [4.69, 9.17) is 10.8 Å². The van der Waals surface area contributed by atoms with Crippen LogP contribution in [-0.2, 0) is 7.05 Å². The molecule has 0 fully saturated rings. The Morgan fingerprint density at radius 1 is 1.48 bits per heavy atom. The molecule has 1 amide bonds. The lowest BCUT2D eigenvalue weighted by atomic mass is 10.2. The number of fused-ring (bicyclic) bond motifs is 1. The molecule has 0 bridgehead atoms. The van der Waals surface area contributed by atoms with Crippen LogP contribution in [0.15, 0.2) is 0 Å². The van der Waals surface area contributed by atoms with Gasteiger partial charge in [-0.1, -0.05) is 13.3 Å². The van der Waals surface area contributed by atoms with Crippen LogP contribution in [0, 0.1) is 6.92 Å². The van der Waals surface area contributed by atoms with Gasteiger partial charge in [0.2, 0.25) is 0 Å². The molecule has 0 unspecified atom stereocenters. The van der Waals surface area contributed by atoms with Crippen molar-refractivity contribution in [2.24, 2.45) is 7.05 Å². The van der Waals surface area contributed by atoms with Gasteiger partial charge in [0.15, 0.2) is 0 Å². The second-order valence-electron chi connectivity index (χ2n) is 5.10. The van der Waals surface area contributed by atoms with Crippen molar-refractivity contribution in [3.05, 3.63) is 10.6 Å². The lowest BCUT2D eigenvalue weighted by Crippen LogP contribution is -2.34. The highest BCUT2D eigenvalue weighted by atomic mass is 32.1. The number of nitrogen functional groups attached to an aromatic ring is 1. The normalized spacial score (nSPS) is 11.2. The summed E-state index contributed by atoms with van der Waals surface area (Å²) >= 11 is 1.37. The Kier molecular flexibility index (Phi) is 4.84. The number of amides is 1. The Morgan fingerprint density at radius 3 is 2.76 bits per heavy atom. The van der Waals surface area contributed by atoms with Crippen LogP contribution in [0.1, 0.15) is 35.1 Å². The molecular weight excluding hydrogens is 288 g/mol. The molecule has 0 radical (unpaired) electrons. The van der Waals surface area contributed by atoms with E-state index < -0.39 is 0 Å². The van der Waals surface area contributed by atoms with Crippen LogP contribution in [0.4, 0.5) is 5.69 Å². The van der Waals surface area contributed by atoms with Gasteiger partial charge in [-0.2, -0.15) is 5.10 Å². The topological polar surface area (TPSA) is 84.4 Å². The third-order valence-electron chi connectivity index (χ3n) is 3.52. The van der Waals surface area contributed by atoms with E-state index in [1.807, 2.05) is 14.0 Å². The number of carbonyl (C=O) groups excluding carboxylic acids is 1. The summed E-state index contributed by atoms with van der Waals surface area (Å²) in [4.78, 5) is 15.8. The second kappa shape index (κ2) is 6.44. The molecule has 21 heavy (non-hydrogen) atoms. The minimum absolute atomic E-state index is 0.0408. The highest BCUT2D eigenvalue weighted by molar-refractivity contribution is 7.21. The number of aryl methyl sites for hydroxylation is 2. The van der Waals surface area contributed by atoms with Gasteiger partial charge in [-0.3, -0.25) is 9.48 Å². The molecule has 0 aliphatic carbocycles. The first-order chi connectivity index (χ1) is 10.0. The third kappa shape index (κ3) is 2.89. The van der Waals surface area contributed by atoms with Crippen LogP contribution >= 0.6 is 11.3 Å². The molecule has 0 atom stereocenters. The van der Waals surface area contributed by atoms with Crippen molar-refractivity contribution in [3.8, 4) is 0 Å². The van der Waals surface area contributed by atoms with Gasteiger partial charge < -0.3 is 15.7 Å². The summed E-state index contributed by atoms with van der Waals surface area (Å²) in [5.74, 6) is -0.101. The number of carbonyl (C=O) groups is 1.